The van der Waals surface area contributed by atoms with E-state index in [1.807, 2.05) is 20.8 Å². The zero-order valence-electron chi connectivity index (χ0n) is 29.4. The fourth-order valence-electron chi connectivity index (χ4n) is 5.23. The first-order chi connectivity index (χ1) is 24.2. The van der Waals surface area contributed by atoms with Crippen LogP contribution in [0.4, 0.5) is 5.69 Å². The van der Waals surface area contributed by atoms with Crippen molar-refractivity contribution in [2.75, 3.05) is 111 Å². The van der Waals surface area contributed by atoms with Crippen LogP contribution < -0.4 is 16.0 Å². The molecule has 0 spiro atoms. The molecule has 1 unspecified atom stereocenters. The number of carbonyl (C=O) groups excluding carboxylic acids is 5. The second-order valence-corrected chi connectivity index (χ2v) is 12.0. The van der Waals surface area contributed by atoms with E-state index < -0.39 is 35.1 Å². The maximum atomic E-state index is 13.3. The molecule has 1 aromatic rings. The maximum absolute atomic E-state index is 13.3. The summed E-state index contributed by atoms with van der Waals surface area (Å²) in [6.07, 6.45) is 0.108. The van der Waals surface area contributed by atoms with E-state index in [0.29, 0.717) is 85.0 Å². The number of piperidine rings is 1. The van der Waals surface area contributed by atoms with Gasteiger partial charge in [0.1, 0.15) is 12.6 Å². The predicted molar refractivity (Wildman–Crippen MR) is 180 cm³/mol. The monoisotopic (exact) mass is 708 g/mol. The fraction of sp³-hybridized carbons (Fsp3) is 0.676. The first-order valence-electron chi connectivity index (χ1n) is 17.1. The quantitative estimate of drug-likeness (QED) is 0.0860. The molecule has 2 aliphatic heterocycles. The normalized spacial score (nSPS) is 16.1. The van der Waals surface area contributed by atoms with Crippen LogP contribution in [-0.2, 0) is 47.5 Å². The summed E-state index contributed by atoms with van der Waals surface area (Å²) >= 11 is 0. The van der Waals surface area contributed by atoms with Gasteiger partial charge < -0.3 is 43.8 Å². The number of hydrogen-bond donors (Lipinski definition) is 3. The van der Waals surface area contributed by atoms with Crippen molar-refractivity contribution in [2.24, 2.45) is 5.41 Å². The summed E-state index contributed by atoms with van der Waals surface area (Å²) in [5.74, 6) is -2.65. The molecule has 16 heteroatoms. The third-order valence-corrected chi connectivity index (χ3v) is 7.71. The smallest absolute Gasteiger partial charge is 0.264 e. The number of carbonyl (C=O) groups is 5. The molecule has 280 valence electrons. The van der Waals surface area contributed by atoms with E-state index in [9.17, 15) is 24.0 Å². The number of benzene rings is 1. The highest BCUT2D eigenvalue weighted by atomic mass is 16.6. The van der Waals surface area contributed by atoms with Gasteiger partial charge in [0.25, 0.3) is 11.8 Å². The molecule has 50 heavy (non-hydrogen) atoms. The van der Waals surface area contributed by atoms with Gasteiger partial charge in [0.05, 0.1) is 83.8 Å². The predicted octanol–water partition coefficient (Wildman–Crippen LogP) is 0.778. The summed E-state index contributed by atoms with van der Waals surface area (Å²) in [4.78, 5) is 63.7. The Morgan fingerprint density at radius 3 is 1.98 bits per heavy atom. The summed E-state index contributed by atoms with van der Waals surface area (Å²) in [6.45, 7) is 11.8. The van der Waals surface area contributed by atoms with Crippen molar-refractivity contribution in [1.82, 2.24) is 15.5 Å². The summed E-state index contributed by atoms with van der Waals surface area (Å²) in [5.41, 5.74) is 0.171. The van der Waals surface area contributed by atoms with Gasteiger partial charge in [-0.1, -0.05) is 13.0 Å². The van der Waals surface area contributed by atoms with E-state index in [4.69, 9.17) is 33.2 Å². The zero-order chi connectivity index (χ0) is 36.2. The standard InChI is InChI=1S/C34H52N4O12/c1-4-44-13-15-46-17-19-48-22-34(3,23-49-20-18-47-16-14-45-5-2)24-50-21-29(40)36-12-11-35-26-8-6-7-25-30(26)33(43)38(32(25)42)27-9-10-28(39)37-31(27)41/h6-8,27,35H,4-5,9-24H2,1-3H3,(H,36,40)(H,37,39,41). The molecule has 3 rings (SSSR count). The maximum Gasteiger partial charge on any atom is 0.264 e. The molecule has 2 aliphatic rings. The molecule has 0 bridgehead atoms. The second-order valence-electron chi connectivity index (χ2n) is 12.0. The van der Waals surface area contributed by atoms with Crippen molar-refractivity contribution in [1.29, 1.82) is 0 Å². The number of nitrogens with one attached hydrogen (secondary N) is 3. The molecule has 2 heterocycles. The number of rotatable bonds is 27. The summed E-state index contributed by atoms with van der Waals surface area (Å²) in [5, 5.41) is 8.05. The highest BCUT2D eigenvalue weighted by Crippen LogP contribution is 2.32. The molecule has 0 aliphatic carbocycles. The molecular weight excluding hydrogens is 656 g/mol. The Morgan fingerprint density at radius 2 is 1.38 bits per heavy atom. The lowest BCUT2D eigenvalue weighted by molar-refractivity contribution is -0.136. The summed E-state index contributed by atoms with van der Waals surface area (Å²) in [6, 6.07) is 3.74. The van der Waals surface area contributed by atoms with Crippen LogP contribution in [0.3, 0.4) is 0 Å². The lowest BCUT2D eigenvalue weighted by atomic mass is 9.94. The lowest BCUT2D eigenvalue weighted by Gasteiger charge is -2.29. The van der Waals surface area contributed by atoms with Crippen molar-refractivity contribution >= 4 is 35.2 Å². The van der Waals surface area contributed by atoms with Crippen molar-refractivity contribution in [3.8, 4) is 0 Å². The van der Waals surface area contributed by atoms with Gasteiger partial charge in [-0.05, 0) is 32.4 Å². The first kappa shape index (κ1) is 40.9. The molecule has 1 saturated heterocycles. The molecule has 1 fully saturated rings. The minimum Gasteiger partial charge on any atom is -0.383 e. The van der Waals surface area contributed by atoms with Crippen LogP contribution >= 0.6 is 0 Å². The Bertz CT molecular complexity index is 1240. The molecule has 1 aromatic carbocycles. The minimum atomic E-state index is -1.05. The third-order valence-electron chi connectivity index (χ3n) is 7.71. The average molecular weight is 709 g/mol. The number of hydrogen-bond acceptors (Lipinski definition) is 13. The van der Waals surface area contributed by atoms with Crippen molar-refractivity contribution in [3.63, 3.8) is 0 Å². The number of amides is 5. The van der Waals surface area contributed by atoms with Crippen molar-refractivity contribution in [2.45, 2.75) is 39.7 Å². The summed E-state index contributed by atoms with van der Waals surface area (Å²) in [7, 11) is 0. The van der Waals surface area contributed by atoms with E-state index in [0.717, 1.165) is 4.90 Å². The average Bonchev–Trinajstić information content (AvgIpc) is 3.35. The van der Waals surface area contributed by atoms with Crippen LogP contribution in [0.2, 0.25) is 0 Å². The molecule has 0 radical (unpaired) electrons. The minimum absolute atomic E-state index is 0.0372. The Kier molecular flexibility index (Phi) is 18.3. The third kappa shape index (κ3) is 13.3. The van der Waals surface area contributed by atoms with Crippen LogP contribution in [0.15, 0.2) is 18.2 Å². The van der Waals surface area contributed by atoms with E-state index in [2.05, 4.69) is 16.0 Å². The summed E-state index contributed by atoms with van der Waals surface area (Å²) < 4.78 is 39.0. The van der Waals surface area contributed by atoms with Crippen LogP contribution in [0.1, 0.15) is 54.3 Å². The van der Waals surface area contributed by atoms with Gasteiger partial charge >= 0.3 is 0 Å². The van der Waals surface area contributed by atoms with E-state index in [1.165, 1.54) is 6.07 Å². The van der Waals surface area contributed by atoms with Gasteiger partial charge in [0.15, 0.2) is 0 Å². The molecule has 0 saturated carbocycles. The molecular formula is C34H52N4O12. The molecule has 1 atom stereocenters. The lowest BCUT2D eigenvalue weighted by Crippen LogP contribution is -2.54. The largest absolute Gasteiger partial charge is 0.383 e. The zero-order valence-corrected chi connectivity index (χ0v) is 29.4. The second kappa shape index (κ2) is 22.3. The highest BCUT2D eigenvalue weighted by Gasteiger charge is 2.45. The van der Waals surface area contributed by atoms with Crippen LogP contribution in [0, 0.1) is 5.41 Å². The SMILES string of the molecule is CCOCCOCCOCC(C)(COCCOCCOCC)COCC(=O)NCCNc1cccc2c1C(=O)N(C1CCC(=O)NC1=O)C2=O. The first-order valence-corrected chi connectivity index (χ1v) is 17.1. The van der Waals surface area contributed by atoms with E-state index in [-0.39, 0.29) is 56.2 Å². The highest BCUT2D eigenvalue weighted by molar-refractivity contribution is 6.25. The van der Waals surface area contributed by atoms with Gasteiger partial charge in [-0.25, -0.2) is 0 Å². The van der Waals surface area contributed by atoms with Gasteiger partial charge in [-0.2, -0.15) is 0 Å². The molecule has 3 N–H and O–H groups in total. The number of fused-ring (bicyclic) bond motifs is 1. The molecule has 0 aromatic heterocycles. The van der Waals surface area contributed by atoms with Gasteiger partial charge in [0, 0.05) is 43.8 Å². The number of imide groups is 2. The number of anilines is 1. The fourth-order valence-corrected chi connectivity index (χ4v) is 5.23. The topological polar surface area (TPSA) is 189 Å². The molecule has 16 nitrogen and oxygen atoms in total. The van der Waals surface area contributed by atoms with Crippen LogP contribution in [-0.4, -0.2) is 146 Å². The van der Waals surface area contributed by atoms with Gasteiger partial charge in [0.2, 0.25) is 17.7 Å². The Hall–Kier alpha value is -3.51. The van der Waals surface area contributed by atoms with Gasteiger partial charge in [-0.15, -0.1) is 0 Å². The van der Waals surface area contributed by atoms with Crippen LogP contribution in [0.25, 0.3) is 0 Å². The van der Waals surface area contributed by atoms with Gasteiger partial charge in [-0.3, -0.25) is 34.2 Å². The van der Waals surface area contributed by atoms with Crippen LogP contribution in [0.5, 0.6) is 0 Å². The van der Waals surface area contributed by atoms with Crippen molar-refractivity contribution < 1.29 is 57.1 Å². The Morgan fingerprint density at radius 1 is 0.800 bits per heavy atom. The molecule has 5 amide bonds. The Balaban J connectivity index is 1.41. The van der Waals surface area contributed by atoms with E-state index >= 15 is 0 Å². The number of nitrogens with zero attached hydrogens (tertiary/aromatic N) is 1. The number of ether oxygens (including phenoxy) is 7. The van der Waals surface area contributed by atoms with E-state index in [1.54, 1.807) is 12.1 Å². The van der Waals surface area contributed by atoms with Crippen molar-refractivity contribution in [3.05, 3.63) is 29.3 Å². The Labute approximate surface area is 293 Å².